The van der Waals surface area contributed by atoms with Crippen molar-refractivity contribution in [3.05, 3.63) is 53.5 Å². The maximum Gasteiger partial charge on any atom is 0.416 e. The SMILES string of the molecule is CCOC(=O)/C=C/c1ccc(-c2cc(F)cc(C(F)(F)F)c2)o1. The van der Waals surface area contributed by atoms with Crippen LogP contribution < -0.4 is 0 Å². The van der Waals surface area contributed by atoms with E-state index in [2.05, 4.69) is 4.74 Å². The molecule has 0 saturated carbocycles. The molecule has 3 nitrogen and oxygen atoms in total. The molecule has 7 heteroatoms. The molecule has 1 heterocycles. The quantitative estimate of drug-likeness (QED) is 0.465. The van der Waals surface area contributed by atoms with Gasteiger partial charge in [0.25, 0.3) is 0 Å². The van der Waals surface area contributed by atoms with Crippen LogP contribution in [0.15, 0.2) is 40.8 Å². The van der Waals surface area contributed by atoms with Crippen LogP contribution in [0.2, 0.25) is 0 Å². The summed E-state index contributed by atoms with van der Waals surface area (Å²) in [6.07, 6.45) is -2.22. The number of halogens is 4. The van der Waals surface area contributed by atoms with E-state index in [-0.39, 0.29) is 23.7 Å². The third-order valence-electron chi connectivity index (χ3n) is 2.81. The number of hydrogen-bond acceptors (Lipinski definition) is 3. The number of carbonyl (C=O) groups is 1. The zero-order valence-electron chi connectivity index (χ0n) is 12.0. The molecule has 0 amide bonds. The number of carbonyl (C=O) groups excluding carboxylic acids is 1. The number of rotatable bonds is 4. The summed E-state index contributed by atoms with van der Waals surface area (Å²) in [6.45, 7) is 1.87. The summed E-state index contributed by atoms with van der Waals surface area (Å²) in [4.78, 5) is 11.2. The molecule has 0 saturated heterocycles. The highest BCUT2D eigenvalue weighted by atomic mass is 19.4. The molecule has 2 rings (SSSR count). The maximum absolute atomic E-state index is 13.4. The van der Waals surface area contributed by atoms with Gasteiger partial charge in [-0.05, 0) is 43.3 Å². The van der Waals surface area contributed by atoms with Crippen LogP contribution in [0.4, 0.5) is 17.6 Å². The van der Waals surface area contributed by atoms with Gasteiger partial charge in [0, 0.05) is 11.6 Å². The molecule has 0 unspecified atom stereocenters. The molecule has 0 aliphatic carbocycles. The standard InChI is InChI=1S/C16H12F4O3/c1-2-22-15(21)6-4-13-3-5-14(23-13)10-7-11(16(18,19)20)9-12(17)8-10/h3-9H,2H2,1H3/b6-4+. The lowest BCUT2D eigenvalue weighted by molar-refractivity contribution is -0.138. The largest absolute Gasteiger partial charge is 0.463 e. The average Bonchev–Trinajstić information content (AvgIpc) is 2.93. The topological polar surface area (TPSA) is 39.4 Å². The molecule has 122 valence electrons. The first-order valence-electron chi connectivity index (χ1n) is 6.62. The lowest BCUT2D eigenvalue weighted by Crippen LogP contribution is -2.05. The minimum atomic E-state index is -4.66. The van der Waals surface area contributed by atoms with Gasteiger partial charge in [-0.3, -0.25) is 0 Å². The van der Waals surface area contributed by atoms with E-state index < -0.39 is 23.5 Å². The predicted molar refractivity (Wildman–Crippen MR) is 74.8 cm³/mol. The van der Waals surface area contributed by atoms with Crippen molar-refractivity contribution < 1.29 is 31.5 Å². The molecule has 0 fully saturated rings. The minimum Gasteiger partial charge on any atom is -0.463 e. The Labute approximate surface area is 129 Å². The van der Waals surface area contributed by atoms with E-state index in [1.165, 1.54) is 18.2 Å². The number of hydrogen-bond donors (Lipinski definition) is 0. The number of ether oxygens (including phenoxy) is 1. The lowest BCUT2D eigenvalue weighted by atomic mass is 10.1. The van der Waals surface area contributed by atoms with Gasteiger partial charge < -0.3 is 9.15 Å². The number of benzene rings is 1. The first-order valence-corrected chi connectivity index (χ1v) is 6.62. The second-order valence-corrected chi connectivity index (χ2v) is 4.51. The monoisotopic (exact) mass is 328 g/mol. The third kappa shape index (κ3) is 4.45. The summed E-state index contributed by atoms with van der Waals surface area (Å²) in [5.41, 5.74) is -1.15. The normalized spacial score (nSPS) is 11.9. The highest BCUT2D eigenvalue weighted by molar-refractivity contribution is 5.86. The molecule has 0 N–H and O–H groups in total. The summed E-state index contributed by atoms with van der Waals surface area (Å²) >= 11 is 0. The van der Waals surface area contributed by atoms with Gasteiger partial charge in [-0.25, -0.2) is 9.18 Å². The molecule has 0 aliphatic heterocycles. The van der Waals surface area contributed by atoms with E-state index in [4.69, 9.17) is 4.42 Å². The molecule has 0 atom stereocenters. The van der Waals surface area contributed by atoms with E-state index in [0.717, 1.165) is 18.2 Å². The molecule has 0 bridgehead atoms. The summed E-state index contributed by atoms with van der Waals surface area (Å²) < 4.78 is 61.4. The Morgan fingerprint density at radius 3 is 2.65 bits per heavy atom. The van der Waals surface area contributed by atoms with Gasteiger partial charge in [0.1, 0.15) is 17.3 Å². The van der Waals surface area contributed by atoms with Crippen LogP contribution in [0.3, 0.4) is 0 Å². The van der Waals surface area contributed by atoms with E-state index in [0.29, 0.717) is 6.07 Å². The van der Waals surface area contributed by atoms with Crippen molar-refractivity contribution in [1.82, 2.24) is 0 Å². The number of esters is 1. The fourth-order valence-corrected chi connectivity index (χ4v) is 1.83. The van der Waals surface area contributed by atoms with E-state index in [1.807, 2.05) is 0 Å². The maximum atomic E-state index is 13.4. The zero-order chi connectivity index (χ0) is 17.0. The Bertz CT molecular complexity index is 729. The van der Waals surface area contributed by atoms with Gasteiger partial charge in [0.2, 0.25) is 0 Å². The Hall–Kier alpha value is -2.57. The van der Waals surface area contributed by atoms with Crippen LogP contribution >= 0.6 is 0 Å². The highest BCUT2D eigenvalue weighted by Crippen LogP contribution is 2.33. The van der Waals surface area contributed by atoms with Gasteiger partial charge in [-0.2, -0.15) is 13.2 Å². The van der Waals surface area contributed by atoms with Crippen LogP contribution in [0.5, 0.6) is 0 Å². The minimum absolute atomic E-state index is 0.0480. The van der Waals surface area contributed by atoms with Gasteiger partial charge in [0.15, 0.2) is 0 Å². The Kier molecular flexibility index (Phi) is 4.88. The predicted octanol–water partition coefficient (Wildman–Crippen LogP) is 4.68. The van der Waals surface area contributed by atoms with E-state index >= 15 is 0 Å². The molecule has 0 spiro atoms. The summed E-state index contributed by atoms with van der Waals surface area (Å²) in [6, 6.07) is 4.98. The van der Waals surface area contributed by atoms with Gasteiger partial charge in [-0.15, -0.1) is 0 Å². The summed E-state index contributed by atoms with van der Waals surface area (Å²) in [5.74, 6) is -1.31. The van der Waals surface area contributed by atoms with Crippen molar-refractivity contribution in [2.75, 3.05) is 6.61 Å². The molecule has 0 radical (unpaired) electrons. The Balaban J connectivity index is 2.27. The fourth-order valence-electron chi connectivity index (χ4n) is 1.83. The first kappa shape index (κ1) is 16.8. The summed E-state index contributed by atoms with van der Waals surface area (Å²) in [5, 5.41) is 0. The second-order valence-electron chi connectivity index (χ2n) is 4.51. The molecule has 1 aromatic heterocycles. The highest BCUT2D eigenvalue weighted by Gasteiger charge is 2.31. The van der Waals surface area contributed by atoms with Gasteiger partial charge in [0.05, 0.1) is 12.2 Å². The zero-order valence-corrected chi connectivity index (χ0v) is 12.0. The number of furan rings is 1. The molecular formula is C16H12F4O3. The molecule has 2 aromatic rings. The van der Waals surface area contributed by atoms with Crippen LogP contribution in [0.1, 0.15) is 18.2 Å². The molecule has 0 aliphatic rings. The Morgan fingerprint density at radius 1 is 1.26 bits per heavy atom. The smallest absolute Gasteiger partial charge is 0.416 e. The first-order chi connectivity index (χ1) is 10.8. The summed E-state index contributed by atoms with van der Waals surface area (Å²) in [7, 11) is 0. The van der Waals surface area contributed by atoms with Gasteiger partial charge in [-0.1, -0.05) is 0 Å². The van der Waals surface area contributed by atoms with Crippen LogP contribution in [0.25, 0.3) is 17.4 Å². The molecular weight excluding hydrogens is 316 g/mol. The second kappa shape index (κ2) is 6.68. The van der Waals surface area contributed by atoms with Crippen molar-refractivity contribution in [3.8, 4) is 11.3 Å². The van der Waals surface area contributed by atoms with Crippen LogP contribution in [-0.2, 0) is 15.7 Å². The van der Waals surface area contributed by atoms with Crippen molar-refractivity contribution in [1.29, 1.82) is 0 Å². The lowest BCUT2D eigenvalue weighted by Gasteiger charge is -2.08. The third-order valence-corrected chi connectivity index (χ3v) is 2.81. The van der Waals surface area contributed by atoms with Crippen molar-refractivity contribution in [2.45, 2.75) is 13.1 Å². The van der Waals surface area contributed by atoms with Crippen LogP contribution in [0, 0.1) is 5.82 Å². The average molecular weight is 328 g/mol. The Morgan fingerprint density at radius 2 is 2.00 bits per heavy atom. The van der Waals surface area contributed by atoms with Crippen molar-refractivity contribution >= 4 is 12.0 Å². The molecule has 23 heavy (non-hydrogen) atoms. The van der Waals surface area contributed by atoms with Crippen LogP contribution in [-0.4, -0.2) is 12.6 Å². The van der Waals surface area contributed by atoms with E-state index in [1.54, 1.807) is 6.92 Å². The molecule has 1 aromatic carbocycles. The van der Waals surface area contributed by atoms with Gasteiger partial charge >= 0.3 is 12.1 Å². The number of alkyl halides is 3. The van der Waals surface area contributed by atoms with Crippen molar-refractivity contribution in [3.63, 3.8) is 0 Å². The van der Waals surface area contributed by atoms with Crippen molar-refractivity contribution in [2.24, 2.45) is 0 Å². The fraction of sp³-hybridized carbons (Fsp3) is 0.188. The van der Waals surface area contributed by atoms with E-state index in [9.17, 15) is 22.4 Å².